The van der Waals surface area contributed by atoms with E-state index in [2.05, 4.69) is 10.4 Å². The van der Waals surface area contributed by atoms with Gasteiger partial charge in [-0.15, -0.1) is 0 Å². The molecule has 2 N–H and O–H groups in total. The number of carbonyl (C=O) groups excluding carboxylic acids is 1. The molecule has 1 aromatic rings. The van der Waals surface area contributed by atoms with Crippen LogP contribution in [0.15, 0.2) is 12.4 Å². The third-order valence-corrected chi connectivity index (χ3v) is 3.66. The van der Waals surface area contributed by atoms with Gasteiger partial charge in [-0.25, -0.2) is 4.79 Å². The van der Waals surface area contributed by atoms with Gasteiger partial charge in [0.15, 0.2) is 0 Å². The fourth-order valence-electron chi connectivity index (χ4n) is 2.58. The number of aromatic carboxylic acids is 1. The van der Waals surface area contributed by atoms with Crippen molar-refractivity contribution in [2.75, 3.05) is 0 Å². The lowest BCUT2D eigenvalue weighted by Gasteiger charge is -2.20. The molecule has 1 aliphatic carbocycles. The Bertz CT molecular complexity index is 462. The molecule has 0 atom stereocenters. The number of hydrogen-bond donors (Lipinski definition) is 2. The van der Waals surface area contributed by atoms with Gasteiger partial charge in [0.05, 0.1) is 11.8 Å². The zero-order valence-electron chi connectivity index (χ0n) is 11.5. The van der Waals surface area contributed by atoms with Gasteiger partial charge in [0.25, 0.3) is 0 Å². The Kier molecular flexibility index (Phi) is 5.15. The van der Waals surface area contributed by atoms with Gasteiger partial charge < -0.3 is 10.4 Å². The molecule has 1 heterocycles. The lowest BCUT2D eigenvalue weighted by molar-refractivity contribution is -0.122. The quantitative estimate of drug-likeness (QED) is 0.880. The number of hydrogen-bond acceptors (Lipinski definition) is 3. The smallest absolute Gasteiger partial charge is 0.338 e. The van der Waals surface area contributed by atoms with Crippen LogP contribution in [0, 0.1) is 0 Å². The van der Waals surface area contributed by atoms with Crippen molar-refractivity contribution in [2.24, 2.45) is 0 Å². The third kappa shape index (κ3) is 4.36. The van der Waals surface area contributed by atoms with Crippen molar-refractivity contribution in [3.05, 3.63) is 18.0 Å². The highest BCUT2D eigenvalue weighted by molar-refractivity contribution is 5.87. The van der Waals surface area contributed by atoms with E-state index in [1.165, 1.54) is 36.3 Å². The van der Waals surface area contributed by atoms with Crippen LogP contribution in [0.4, 0.5) is 0 Å². The molecule has 110 valence electrons. The molecule has 6 heteroatoms. The van der Waals surface area contributed by atoms with Gasteiger partial charge in [0.2, 0.25) is 5.91 Å². The van der Waals surface area contributed by atoms with Crippen LogP contribution in [0.2, 0.25) is 0 Å². The molecule has 0 saturated heterocycles. The van der Waals surface area contributed by atoms with Crippen molar-refractivity contribution in [1.29, 1.82) is 0 Å². The largest absolute Gasteiger partial charge is 0.478 e. The molecule has 0 unspecified atom stereocenters. The number of carboxylic acids is 1. The second-order valence-electron chi connectivity index (χ2n) is 5.34. The van der Waals surface area contributed by atoms with Crippen LogP contribution < -0.4 is 5.32 Å². The molecule has 6 nitrogen and oxygen atoms in total. The molecule has 0 aliphatic heterocycles. The van der Waals surface area contributed by atoms with Crippen molar-refractivity contribution in [3.63, 3.8) is 0 Å². The number of carboxylic acid groups (broad SMARTS) is 1. The minimum atomic E-state index is -1.03. The molecular weight excluding hydrogens is 258 g/mol. The minimum absolute atomic E-state index is 0.0732. The van der Waals surface area contributed by atoms with Gasteiger partial charge in [-0.1, -0.05) is 32.1 Å². The van der Waals surface area contributed by atoms with Crippen LogP contribution >= 0.6 is 0 Å². The van der Waals surface area contributed by atoms with Gasteiger partial charge in [0, 0.05) is 12.2 Å². The van der Waals surface area contributed by atoms with Crippen molar-refractivity contribution in [2.45, 2.75) is 57.5 Å². The van der Waals surface area contributed by atoms with Crippen molar-refractivity contribution in [1.82, 2.24) is 15.1 Å². The van der Waals surface area contributed by atoms with Gasteiger partial charge in [-0.05, 0) is 12.8 Å². The fraction of sp³-hybridized carbons (Fsp3) is 0.643. The Morgan fingerprint density at radius 1 is 1.25 bits per heavy atom. The Balaban J connectivity index is 1.82. The first-order valence-electron chi connectivity index (χ1n) is 7.20. The first kappa shape index (κ1) is 14.6. The summed E-state index contributed by atoms with van der Waals surface area (Å²) in [4.78, 5) is 22.7. The lowest BCUT2D eigenvalue weighted by atomic mass is 9.97. The number of aromatic nitrogens is 2. The SMILES string of the molecule is O=C(Cn1cc(C(=O)O)cn1)NC1CCCCCCC1. The van der Waals surface area contributed by atoms with Gasteiger partial charge in [-0.3, -0.25) is 9.48 Å². The second-order valence-corrected chi connectivity index (χ2v) is 5.34. The molecule has 1 fully saturated rings. The monoisotopic (exact) mass is 279 g/mol. The van der Waals surface area contributed by atoms with E-state index in [1.807, 2.05) is 0 Å². The van der Waals surface area contributed by atoms with E-state index in [1.54, 1.807) is 0 Å². The maximum atomic E-state index is 11.9. The van der Waals surface area contributed by atoms with Crippen LogP contribution in [0.1, 0.15) is 55.3 Å². The molecule has 0 radical (unpaired) electrons. The van der Waals surface area contributed by atoms with Crippen LogP contribution in [0.25, 0.3) is 0 Å². The summed E-state index contributed by atoms with van der Waals surface area (Å²) in [5, 5.41) is 15.7. The number of carbonyl (C=O) groups is 2. The average molecular weight is 279 g/mol. The van der Waals surface area contributed by atoms with Crippen LogP contribution in [0.3, 0.4) is 0 Å². The van der Waals surface area contributed by atoms with E-state index < -0.39 is 5.97 Å². The van der Waals surface area contributed by atoms with Crippen LogP contribution in [-0.4, -0.2) is 32.8 Å². The molecule has 0 aromatic carbocycles. The molecule has 1 aromatic heterocycles. The molecule has 2 rings (SSSR count). The molecular formula is C14H21N3O3. The second kappa shape index (κ2) is 7.07. The fourth-order valence-corrected chi connectivity index (χ4v) is 2.58. The van der Waals surface area contributed by atoms with Crippen LogP contribution in [-0.2, 0) is 11.3 Å². The number of amides is 1. The Morgan fingerprint density at radius 3 is 2.50 bits per heavy atom. The molecule has 20 heavy (non-hydrogen) atoms. The minimum Gasteiger partial charge on any atom is -0.478 e. The van der Waals surface area contributed by atoms with E-state index in [-0.39, 0.29) is 24.1 Å². The van der Waals surface area contributed by atoms with E-state index in [4.69, 9.17) is 5.11 Å². The summed E-state index contributed by atoms with van der Waals surface area (Å²) in [6.07, 6.45) is 10.8. The van der Waals surface area contributed by atoms with Crippen molar-refractivity contribution < 1.29 is 14.7 Å². The highest BCUT2D eigenvalue weighted by Gasteiger charge is 2.15. The first-order chi connectivity index (χ1) is 9.65. The zero-order valence-corrected chi connectivity index (χ0v) is 11.5. The van der Waals surface area contributed by atoms with E-state index >= 15 is 0 Å². The highest BCUT2D eigenvalue weighted by Crippen LogP contribution is 2.17. The van der Waals surface area contributed by atoms with Gasteiger partial charge in [-0.2, -0.15) is 5.10 Å². The van der Waals surface area contributed by atoms with E-state index in [0.29, 0.717) is 0 Å². The van der Waals surface area contributed by atoms with E-state index in [9.17, 15) is 9.59 Å². The summed E-state index contributed by atoms with van der Waals surface area (Å²) >= 11 is 0. The highest BCUT2D eigenvalue weighted by atomic mass is 16.4. The standard InChI is InChI=1S/C14H21N3O3/c18-13(10-17-9-11(8-15-17)14(19)20)16-12-6-4-2-1-3-5-7-12/h8-9,12H,1-7,10H2,(H,16,18)(H,19,20). The Morgan fingerprint density at radius 2 is 1.90 bits per heavy atom. The molecule has 1 aliphatic rings. The Labute approximate surface area is 118 Å². The molecule has 1 amide bonds. The molecule has 0 bridgehead atoms. The predicted molar refractivity (Wildman–Crippen MR) is 73.4 cm³/mol. The summed E-state index contributed by atoms with van der Waals surface area (Å²) in [6.45, 7) is 0.0732. The van der Waals surface area contributed by atoms with Crippen molar-refractivity contribution >= 4 is 11.9 Å². The van der Waals surface area contributed by atoms with E-state index in [0.717, 1.165) is 25.7 Å². The van der Waals surface area contributed by atoms with Gasteiger partial charge in [0.1, 0.15) is 6.54 Å². The lowest BCUT2D eigenvalue weighted by Crippen LogP contribution is -2.37. The summed E-state index contributed by atoms with van der Waals surface area (Å²) in [6, 6.07) is 0.248. The average Bonchev–Trinajstić information content (AvgIpc) is 2.81. The summed E-state index contributed by atoms with van der Waals surface area (Å²) in [7, 11) is 0. The normalized spacial score (nSPS) is 17.2. The van der Waals surface area contributed by atoms with Crippen LogP contribution in [0.5, 0.6) is 0 Å². The first-order valence-corrected chi connectivity index (χ1v) is 7.20. The predicted octanol–water partition coefficient (Wildman–Crippen LogP) is 1.81. The number of nitrogens with zero attached hydrogens (tertiary/aromatic N) is 2. The maximum absolute atomic E-state index is 11.9. The maximum Gasteiger partial charge on any atom is 0.338 e. The zero-order chi connectivity index (χ0) is 14.4. The third-order valence-electron chi connectivity index (χ3n) is 3.66. The molecule has 0 spiro atoms. The van der Waals surface area contributed by atoms with Gasteiger partial charge >= 0.3 is 5.97 Å². The molecule has 1 saturated carbocycles. The topological polar surface area (TPSA) is 84.2 Å². The summed E-state index contributed by atoms with van der Waals surface area (Å²) in [5.41, 5.74) is 0.101. The van der Waals surface area contributed by atoms with Crippen molar-refractivity contribution in [3.8, 4) is 0 Å². The summed E-state index contributed by atoms with van der Waals surface area (Å²) < 4.78 is 1.36. The number of nitrogens with one attached hydrogen (secondary N) is 1. The summed E-state index contributed by atoms with van der Waals surface area (Å²) in [5.74, 6) is -1.13. The number of rotatable bonds is 4. The Hall–Kier alpha value is -1.85.